The average molecular weight is 369 g/mol. The Morgan fingerprint density at radius 3 is 2.78 bits per heavy atom. The number of H-pyrrole nitrogens is 1. The maximum Gasteiger partial charge on any atom is 0.326 e. The first-order chi connectivity index (χ1) is 13.0. The van der Waals surface area contributed by atoms with Gasteiger partial charge in [-0.15, -0.1) is 0 Å². The van der Waals surface area contributed by atoms with Crippen molar-refractivity contribution < 1.29 is 14.7 Å². The molecule has 4 rings (SSSR count). The third kappa shape index (κ3) is 3.58. The highest BCUT2D eigenvalue weighted by Gasteiger charge is 2.43. The summed E-state index contributed by atoms with van der Waals surface area (Å²) in [7, 11) is 0. The molecule has 2 saturated heterocycles. The molecule has 27 heavy (non-hydrogen) atoms. The topological polar surface area (TPSA) is 76.6 Å². The van der Waals surface area contributed by atoms with Crippen LogP contribution in [0, 0.1) is 5.41 Å². The van der Waals surface area contributed by atoms with Crippen molar-refractivity contribution in [2.24, 2.45) is 5.41 Å². The average Bonchev–Trinajstić information content (AvgIpc) is 3.13. The van der Waals surface area contributed by atoms with E-state index in [2.05, 4.69) is 34.1 Å². The highest BCUT2D eigenvalue weighted by Crippen LogP contribution is 2.41. The second-order valence-corrected chi connectivity index (χ2v) is 8.21. The Hall–Kier alpha value is -2.34. The van der Waals surface area contributed by atoms with Crippen LogP contribution in [-0.2, 0) is 16.1 Å². The highest BCUT2D eigenvalue weighted by atomic mass is 16.4. The van der Waals surface area contributed by atoms with Crippen LogP contribution >= 0.6 is 0 Å². The smallest absolute Gasteiger partial charge is 0.326 e. The number of hydrogen-bond donors (Lipinski definition) is 2. The summed E-state index contributed by atoms with van der Waals surface area (Å²) in [5.74, 6) is -0.934. The maximum atomic E-state index is 12.2. The minimum atomic E-state index is -0.919. The molecule has 1 spiro atoms. The van der Waals surface area contributed by atoms with Gasteiger partial charge in [-0.05, 0) is 73.8 Å². The number of benzene rings is 1. The lowest BCUT2D eigenvalue weighted by molar-refractivity contribution is -0.155. The molecule has 144 valence electrons. The van der Waals surface area contributed by atoms with Crippen molar-refractivity contribution in [2.45, 2.75) is 45.2 Å². The second kappa shape index (κ2) is 7.00. The number of hydrogen-bond acceptors (Lipinski definition) is 3. The van der Waals surface area contributed by atoms with Gasteiger partial charge in [0, 0.05) is 31.2 Å². The third-order valence-corrected chi connectivity index (χ3v) is 6.46. The molecule has 0 aliphatic carbocycles. The fourth-order valence-electron chi connectivity index (χ4n) is 4.58. The molecule has 3 heterocycles. The number of nitrogens with zero attached hydrogens (tertiary/aromatic N) is 2. The van der Waals surface area contributed by atoms with Gasteiger partial charge in [-0.2, -0.15) is 0 Å². The summed E-state index contributed by atoms with van der Waals surface area (Å²) in [6, 6.07) is 7.92. The monoisotopic (exact) mass is 369 g/mol. The number of carboxylic acid groups (broad SMARTS) is 1. The number of rotatable bonds is 4. The van der Waals surface area contributed by atoms with E-state index in [4.69, 9.17) is 0 Å². The lowest BCUT2D eigenvalue weighted by Gasteiger charge is -2.48. The molecule has 2 aliphatic rings. The molecule has 1 atom stereocenters. The normalized spacial score (nSPS) is 21.7. The van der Waals surface area contributed by atoms with E-state index in [1.165, 1.54) is 10.9 Å². The van der Waals surface area contributed by atoms with E-state index in [9.17, 15) is 14.7 Å². The summed E-state index contributed by atoms with van der Waals surface area (Å²) >= 11 is 0. The van der Waals surface area contributed by atoms with E-state index in [0.717, 1.165) is 44.4 Å². The molecule has 1 amide bonds. The fraction of sp³-hybridized carbons (Fsp3) is 0.524. The van der Waals surface area contributed by atoms with Gasteiger partial charge in [0.1, 0.15) is 6.04 Å². The van der Waals surface area contributed by atoms with E-state index in [1.807, 2.05) is 6.20 Å². The van der Waals surface area contributed by atoms with Crippen LogP contribution in [0.3, 0.4) is 0 Å². The van der Waals surface area contributed by atoms with Crippen LogP contribution < -0.4 is 0 Å². The fourth-order valence-corrected chi connectivity index (χ4v) is 4.58. The van der Waals surface area contributed by atoms with Gasteiger partial charge in [-0.25, -0.2) is 4.79 Å². The van der Waals surface area contributed by atoms with Crippen LogP contribution in [0.15, 0.2) is 30.5 Å². The van der Waals surface area contributed by atoms with Crippen LogP contribution in [-0.4, -0.2) is 57.4 Å². The third-order valence-electron chi connectivity index (χ3n) is 6.46. The quantitative estimate of drug-likeness (QED) is 0.869. The molecular weight excluding hydrogens is 342 g/mol. The first-order valence-electron chi connectivity index (χ1n) is 9.76. The van der Waals surface area contributed by atoms with Crippen molar-refractivity contribution in [3.8, 4) is 0 Å². The van der Waals surface area contributed by atoms with Gasteiger partial charge >= 0.3 is 5.97 Å². The Balaban J connectivity index is 1.39. The summed E-state index contributed by atoms with van der Waals surface area (Å²) in [5.41, 5.74) is 2.56. The molecule has 0 unspecified atom stereocenters. The molecular formula is C21H27N3O3. The number of aliphatic carboxylic acids is 1. The summed E-state index contributed by atoms with van der Waals surface area (Å²) in [6.07, 6.45) is 5.37. The van der Waals surface area contributed by atoms with E-state index in [1.54, 1.807) is 11.8 Å². The van der Waals surface area contributed by atoms with Crippen molar-refractivity contribution in [1.29, 1.82) is 0 Å². The molecule has 2 fully saturated rings. The van der Waals surface area contributed by atoms with Gasteiger partial charge in [-0.1, -0.05) is 6.07 Å². The number of likely N-dealkylation sites (tertiary alicyclic amines) is 2. The Morgan fingerprint density at radius 2 is 2.04 bits per heavy atom. The number of nitrogens with one attached hydrogen (secondary N) is 1. The molecule has 2 aliphatic heterocycles. The minimum absolute atomic E-state index is 0.0160. The van der Waals surface area contributed by atoms with Gasteiger partial charge in [0.25, 0.3) is 0 Å². The van der Waals surface area contributed by atoms with Crippen LogP contribution in [0.4, 0.5) is 0 Å². The van der Waals surface area contributed by atoms with Crippen molar-refractivity contribution in [1.82, 2.24) is 14.8 Å². The Bertz CT molecular complexity index is 851. The van der Waals surface area contributed by atoms with Gasteiger partial charge in [0.05, 0.1) is 0 Å². The molecule has 6 nitrogen and oxygen atoms in total. The maximum absolute atomic E-state index is 12.2. The highest BCUT2D eigenvalue weighted by molar-refractivity contribution is 5.84. The van der Waals surface area contributed by atoms with E-state index in [0.29, 0.717) is 13.0 Å². The number of piperidine rings is 2. The SMILES string of the molecule is C[C@@H](C(=O)O)N1CC2(CCC1=O)CCN(Cc1ccc3[nH]ccc3c1)CC2. The van der Waals surface area contributed by atoms with Gasteiger partial charge < -0.3 is 15.0 Å². The van der Waals surface area contributed by atoms with Crippen LogP contribution in [0.1, 0.15) is 38.2 Å². The number of carbonyl (C=O) groups excluding carboxylic acids is 1. The summed E-state index contributed by atoms with van der Waals surface area (Å²) in [5, 5.41) is 10.5. The predicted molar refractivity (Wildman–Crippen MR) is 103 cm³/mol. The zero-order valence-electron chi connectivity index (χ0n) is 15.8. The number of amides is 1. The van der Waals surface area contributed by atoms with E-state index in [-0.39, 0.29) is 11.3 Å². The Kier molecular flexibility index (Phi) is 4.68. The van der Waals surface area contributed by atoms with E-state index >= 15 is 0 Å². The molecule has 1 aromatic carbocycles. The number of carbonyl (C=O) groups is 2. The first-order valence-corrected chi connectivity index (χ1v) is 9.76. The molecule has 0 radical (unpaired) electrons. The summed E-state index contributed by atoms with van der Waals surface area (Å²) in [4.78, 5) is 30.8. The Morgan fingerprint density at radius 1 is 1.26 bits per heavy atom. The minimum Gasteiger partial charge on any atom is -0.480 e. The summed E-state index contributed by atoms with van der Waals surface area (Å²) < 4.78 is 0. The van der Waals surface area contributed by atoms with Crippen LogP contribution in [0.5, 0.6) is 0 Å². The van der Waals surface area contributed by atoms with Crippen molar-refractivity contribution in [3.05, 3.63) is 36.0 Å². The van der Waals surface area contributed by atoms with Gasteiger partial charge in [0.2, 0.25) is 5.91 Å². The zero-order chi connectivity index (χ0) is 19.0. The van der Waals surface area contributed by atoms with Crippen molar-refractivity contribution >= 4 is 22.8 Å². The molecule has 6 heteroatoms. The Labute approximate surface area is 159 Å². The number of aromatic amines is 1. The zero-order valence-corrected chi connectivity index (χ0v) is 15.8. The molecule has 2 aromatic rings. The van der Waals surface area contributed by atoms with Crippen LogP contribution in [0.25, 0.3) is 10.9 Å². The second-order valence-electron chi connectivity index (χ2n) is 8.21. The summed E-state index contributed by atoms with van der Waals surface area (Å²) in [6.45, 7) is 5.13. The number of aromatic nitrogens is 1. The number of fused-ring (bicyclic) bond motifs is 1. The van der Waals surface area contributed by atoms with Crippen molar-refractivity contribution in [3.63, 3.8) is 0 Å². The molecule has 0 saturated carbocycles. The van der Waals surface area contributed by atoms with Crippen molar-refractivity contribution in [2.75, 3.05) is 19.6 Å². The lowest BCUT2D eigenvalue weighted by atomic mass is 9.72. The predicted octanol–water partition coefficient (Wildman–Crippen LogP) is 2.85. The molecule has 0 bridgehead atoms. The van der Waals surface area contributed by atoms with Gasteiger partial charge in [0.15, 0.2) is 0 Å². The molecule has 1 aromatic heterocycles. The standard InChI is InChI=1S/C21H27N3O3/c1-15(20(26)27)24-14-21(6-4-19(24)25)7-10-23(11-8-21)13-16-2-3-18-17(12-16)5-9-22-18/h2-3,5,9,12,15,22H,4,6-8,10-11,13-14H2,1H3,(H,26,27)/t15-/m0/s1. The molecule has 2 N–H and O–H groups in total. The first kappa shape index (κ1) is 18.0. The largest absolute Gasteiger partial charge is 0.480 e. The lowest BCUT2D eigenvalue weighted by Crippen LogP contribution is -2.55. The number of carboxylic acids is 1. The van der Waals surface area contributed by atoms with Gasteiger partial charge in [-0.3, -0.25) is 9.69 Å². The van der Waals surface area contributed by atoms with E-state index < -0.39 is 12.0 Å². The van der Waals surface area contributed by atoms with Crippen LogP contribution in [0.2, 0.25) is 0 Å².